The van der Waals surface area contributed by atoms with Crippen LogP contribution in [0.1, 0.15) is 29.3 Å². The second kappa shape index (κ2) is 4.86. The van der Waals surface area contributed by atoms with Crippen LogP contribution in [-0.2, 0) is 13.0 Å². The van der Waals surface area contributed by atoms with Crippen LogP contribution in [0.2, 0.25) is 0 Å². The summed E-state index contributed by atoms with van der Waals surface area (Å²) in [5, 5.41) is 3.45. The van der Waals surface area contributed by atoms with Crippen molar-refractivity contribution in [1.29, 1.82) is 0 Å². The van der Waals surface area contributed by atoms with E-state index in [0.717, 1.165) is 24.1 Å². The largest absolute Gasteiger partial charge is 0.304 e. The maximum Gasteiger partial charge on any atom is 0.123 e. The SMILES string of the molecule is Fc1cccc(CNC2CCc3cccnc32)c1. The molecule has 1 aromatic heterocycles. The second-order valence-electron chi connectivity index (χ2n) is 4.65. The Morgan fingerprint density at radius 3 is 3.11 bits per heavy atom. The van der Waals surface area contributed by atoms with Gasteiger partial charge in [-0.25, -0.2) is 4.39 Å². The molecule has 1 aliphatic rings. The van der Waals surface area contributed by atoms with Crippen molar-refractivity contribution < 1.29 is 4.39 Å². The lowest BCUT2D eigenvalue weighted by atomic mass is 10.2. The predicted molar refractivity (Wildman–Crippen MR) is 68.5 cm³/mol. The monoisotopic (exact) mass is 242 g/mol. The number of aromatic nitrogens is 1. The first-order valence-electron chi connectivity index (χ1n) is 6.24. The van der Waals surface area contributed by atoms with E-state index in [2.05, 4.69) is 16.4 Å². The van der Waals surface area contributed by atoms with Crippen LogP contribution >= 0.6 is 0 Å². The van der Waals surface area contributed by atoms with E-state index in [1.807, 2.05) is 18.3 Å². The summed E-state index contributed by atoms with van der Waals surface area (Å²) < 4.78 is 13.1. The normalized spacial score (nSPS) is 17.7. The zero-order valence-electron chi connectivity index (χ0n) is 10.1. The first-order chi connectivity index (χ1) is 8.83. The third kappa shape index (κ3) is 2.27. The highest BCUT2D eigenvalue weighted by molar-refractivity contribution is 5.28. The molecule has 1 heterocycles. The molecule has 3 rings (SSSR count). The van der Waals surface area contributed by atoms with Gasteiger partial charge in [0.1, 0.15) is 5.82 Å². The Bertz CT molecular complexity index is 554. The fourth-order valence-corrected chi connectivity index (χ4v) is 2.50. The predicted octanol–water partition coefficient (Wildman–Crippen LogP) is 3.00. The van der Waals surface area contributed by atoms with E-state index in [1.165, 1.54) is 11.6 Å². The summed E-state index contributed by atoms with van der Waals surface area (Å²) in [4.78, 5) is 4.43. The van der Waals surface area contributed by atoms with Crippen LogP contribution in [0.5, 0.6) is 0 Å². The number of rotatable bonds is 3. The number of benzene rings is 1. The van der Waals surface area contributed by atoms with Gasteiger partial charge in [-0.1, -0.05) is 18.2 Å². The number of nitrogens with one attached hydrogen (secondary N) is 1. The number of pyridine rings is 1. The van der Waals surface area contributed by atoms with Crippen LogP contribution in [0.25, 0.3) is 0 Å². The maximum absolute atomic E-state index is 13.1. The summed E-state index contributed by atoms with van der Waals surface area (Å²) in [7, 11) is 0. The van der Waals surface area contributed by atoms with Crippen LogP contribution in [0.15, 0.2) is 42.6 Å². The first kappa shape index (κ1) is 11.4. The molecule has 1 aromatic carbocycles. The molecule has 1 aliphatic carbocycles. The Kier molecular flexibility index (Phi) is 3.07. The molecule has 1 N–H and O–H groups in total. The molecule has 0 spiro atoms. The quantitative estimate of drug-likeness (QED) is 0.895. The molecule has 2 aromatic rings. The highest BCUT2D eigenvalue weighted by atomic mass is 19.1. The van der Waals surface area contributed by atoms with E-state index >= 15 is 0 Å². The average molecular weight is 242 g/mol. The Balaban J connectivity index is 1.69. The molecule has 3 heteroatoms. The van der Waals surface area contributed by atoms with Crippen LogP contribution in [0.3, 0.4) is 0 Å². The summed E-state index contributed by atoms with van der Waals surface area (Å²) in [6.07, 6.45) is 3.98. The molecule has 92 valence electrons. The number of hydrogen-bond acceptors (Lipinski definition) is 2. The van der Waals surface area contributed by atoms with E-state index in [4.69, 9.17) is 0 Å². The zero-order chi connectivity index (χ0) is 12.4. The van der Waals surface area contributed by atoms with Crippen molar-refractivity contribution in [3.05, 3.63) is 65.2 Å². The van der Waals surface area contributed by atoms with Crippen LogP contribution in [-0.4, -0.2) is 4.98 Å². The number of aryl methyl sites for hydroxylation is 1. The lowest BCUT2D eigenvalue weighted by Crippen LogP contribution is -2.19. The number of fused-ring (bicyclic) bond motifs is 1. The Morgan fingerprint density at radius 2 is 2.22 bits per heavy atom. The minimum atomic E-state index is -0.181. The molecule has 0 aliphatic heterocycles. The van der Waals surface area contributed by atoms with Crippen molar-refractivity contribution >= 4 is 0 Å². The van der Waals surface area contributed by atoms with Crippen molar-refractivity contribution in [3.63, 3.8) is 0 Å². The lowest BCUT2D eigenvalue weighted by Gasteiger charge is -2.13. The number of hydrogen-bond donors (Lipinski definition) is 1. The van der Waals surface area contributed by atoms with Crippen molar-refractivity contribution in [2.75, 3.05) is 0 Å². The van der Waals surface area contributed by atoms with Crippen molar-refractivity contribution in [1.82, 2.24) is 10.3 Å². The van der Waals surface area contributed by atoms with Gasteiger partial charge in [0.25, 0.3) is 0 Å². The lowest BCUT2D eigenvalue weighted by molar-refractivity contribution is 0.519. The highest BCUT2D eigenvalue weighted by Gasteiger charge is 2.22. The number of halogens is 1. The average Bonchev–Trinajstić information content (AvgIpc) is 2.80. The van der Waals surface area contributed by atoms with Gasteiger partial charge < -0.3 is 5.32 Å². The topological polar surface area (TPSA) is 24.9 Å². The summed E-state index contributed by atoms with van der Waals surface area (Å²) in [6, 6.07) is 11.1. The molecule has 0 fully saturated rings. The van der Waals surface area contributed by atoms with E-state index < -0.39 is 0 Å². The zero-order valence-corrected chi connectivity index (χ0v) is 10.1. The molecule has 0 saturated heterocycles. The van der Waals surface area contributed by atoms with Gasteiger partial charge in [-0.15, -0.1) is 0 Å². The van der Waals surface area contributed by atoms with Gasteiger partial charge in [0, 0.05) is 12.7 Å². The fraction of sp³-hybridized carbons (Fsp3) is 0.267. The van der Waals surface area contributed by atoms with Crippen molar-refractivity contribution in [2.45, 2.75) is 25.4 Å². The summed E-state index contributed by atoms with van der Waals surface area (Å²) in [5.74, 6) is -0.181. The van der Waals surface area contributed by atoms with Gasteiger partial charge in [-0.05, 0) is 42.2 Å². The van der Waals surface area contributed by atoms with Gasteiger partial charge in [0.05, 0.1) is 11.7 Å². The fourth-order valence-electron chi connectivity index (χ4n) is 2.50. The molecule has 0 radical (unpaired) electrons. The molecule has 0 saturated carbocycles. The highest BCUT2D eigenvalue weighted by Crippen LogP contribution is 2.28. The van der Waals surface area contributed by atoms with Crippen molar-refractivity contribution in [2.24, 2.45) is 0 Å². The van der Waals surface area contributed by atoms with Gasteiger partial charge in [0.15, 0.2) is 0 Å². The molecule has 0 amide bonds. The van der Waals surface area contributed by atoms with Gasteiger partial charge in [-0.2, -0.15) is 0 Å². The smallest absolute Gasteiger partial charge is 0.123 e. The maximum atomic E-state index is 13.1. The number of nitrogens with zero attached hydrogens (tertiary/aromatic N) is 1. The minimum Gasteiger partial charge on any atom is -0.304 e. The standard InChI is InChI=1S/C15H15FN2/c16-13-5-1-3-11(9-13)10-18-14-7-6-12-4-2-8-17-15(12)14/h1-5,8-9,14,18H,6-7,10H2. The molecule has 0 bridgehead atoms. The van der Waals surface area contributed by atoms with E-state index in [-0.39, 0.29) is 5.82 Å². The Hall–Kier alpha value is -1.74. The van der Waals surface area contributed by atoms with Gasteiger partial charge in [-0.3, -0.25) is 4.98 Å². The van der Waals surface area contributed by atoms with Crippen LogP contribution < -0.4 is 5.32 Å². The molecule has 2 nitrogen and oxygen atoms in total. The summed E-state index contributed by atoms with van der Waals surface area (Å²) >= 11 is 0. The third-order valence-electron chi connectivity index (χ3n) is 3.40. The summed E-state index contributed by atoms with van der Waals surface area (Å²) in [6.45, 7) is 0.679. The first-order valence-corrected chi connectivity index (χ1v) is 6.24. The third-order valence-corrected chi connectivity index (χ3v) is 3.40. The Labute approximate surface area is 106 Å². The molecular formula is C15H15FN2. The van der Waals surface area contributed by atoms with Gasteiger partial charge >= 0.3 is 0 Å². The van der Waals surface area contributed by atoms with Crippen LogP contribution in [0.4, 0.5) is 4.39 Å². The molecule has 1 atom stereocenters. The van der Waals surface area contributed by atoms with Gasteiger partial charge in [0.2, 0.25) is 0 Å². The van der Waals surface area contributed by atoms with Crippen molar-refractivity contribution in [3.8, 4) is 0 Å². The minimum absolute atomic E-state index is 0.181. The molecule has 1 unspecified atom stereocenters. The molecular weight excluding hydrogens is 227 g/mol. The summed E-state index contributed by atoms with van der Waals surface area (Å²) in [5.41, 5.74) is 3.45. The second-order valence-corrected chi connectivity index (χ2v) is 4.65. The van der Waals surface area contributed by atoms with E-state index in [0.29, 0.717) is 12.6 Å². The Morgan fingerprint density at radius 1 is 1.28 bits per heavy atom. The van der Waals surface area contributed by atoms with Crippen LogP contribution in [0, 0.1) is 5.82 Å². The molecule has 18 heavy (non-hydrogen) atoms. The van der Waals surface area contributed by atoms with E-state index in [1.54, 1.807) is 12.1 Å². The van der Waals surface area contributed by atoms with E-state index in [9.17, 15) is 4.39 Å².